The van der Waals surface area contributed by atoms with Crippen molar-refractivity contribution in [2.24, 2.45) is 5.73 Å². The van der Waals surface area contributed by atoms with Crippen LogP contribution in [0.25, 0.3) is 0 Å². The molecule has 5 heteroatoms. The summed E-state index contributed by atoms with van der Waals surface area (Å²) in [7, 11) is 3.49. The third-order valence-corrected chi connectivity index (χ3v) is 2.89. The maximum Gasteiger partial charge on any atom is 0.416 e. The highest BCUT2D eigenvalue weighted by atomic mass is 19.4. The fraction of sp³-hybridized carbons (Fsp3) is 0.500. The minimum Gasteiger partial charge on any atom is -0.313 e. The van der Waals surface area contributed by atoms with Gasteiger partial charge in [0.15, 0.2) is 0 Å². The number of benzene rings is 1. The Hall–Kier alpha value is -1.07. The predicted molar refractivity (Wildman–Crippen MR) is 61.4 cm³/mol. The van der Waals surface area contributed by atoms with Gasteiger partial charge in [0.05, 0.1) is 11.2 Å². The van der Waals surface area contributed by atoms with Crippen LogP contribution in [0.1, 0.15) is 18.1 Å². The second-order valence-electron chi connectivity index (χ2n) is 4.58. The van der Waals surface area contributed by atoms with Gasteiger partial charge in [-0.3, -0.25) is 4.90 Å². The molecule has 0 bridgehead atoms. The van der Waals surface area contributed by atoms with E-state index in [2.05, 4.69) is 0 Å². The summed E-state index contributed by atoms with van der Waals surface area (Å²) in [6.45, 7) is 1.71. The van der Waals surface area contributed by atoms with Crippen LogP contribution < -0.4 is 5.73 Å². The molecule has 1 rings (SSSR count). The highest BCUT2D eigenvalue weighted by molar-refractivity contribution is 5.31. The molecule has 1 atom stereocenters. The number of alkyl halides is 3. The Balaban J connectivity index is 3.08. The van der Waals surface area contributed by atoms with Gasteiger partial charge in [-0.25, -0.2) is 0 Å². The molecule has 0 spiro atoms. The molecule has 0 saturated carbocycles. The van der Waals surface area contributed by atoms with Gasteiger partial charge in [0.25, 0.3) is 0 Å². The molecule has 0 fully saturated rings. The number of likely N-dealkylation sites (N-methyl/N-ethyl adjacent to an activating group) is 1. The lowest BCUT2D eigenvalue weighted by molar-refractivity contribution is -0.138. The topological polar surface area (TPSA) is 29.3 Å². The summed E-state index contributed by atoms with van der Waals surface area (Å²) in [6, 6.07) is 5.53. The molecule has 0 aliphatic rings. The summed E-state index contributed by atoms with van der Waals surface area (Å²) in [5.74, 6) is 0. The van der Waals surface area contributed by atoms with Crippen molar-refractivity contribution >= 4 is 0 Å². The molecule has 0 saturated heterocycles. The fourth-order valence-electron chi connectivity index (χ4n) is 1.49. The van der Waals surface area contributed by atoms with E-state index in [-0.39, 0.29) is 12.0 Å². The molecular weight excluding hydrogens is 229 g/mol. The van der Waals surface area contributed by atoms with Crippen LogP contribution in [0, 0.1) is 0 Å². The van der Waals surface area contributed by atoms with Gasteiger partial charge in [-0.15, -0.1) is 0 Å². The lowest BCUT2D eigenvalue weighted by Gasteiger charge is -2.33. The number of rotatable bonds is 3. The van der Waals surface area contributed by atoms with Crippen molar-refractivity contribution in [2.45, 2.75) is 25.2 Å². The summed E-state index contributed by atoms with van der Waals surface area (Å²) in [6.07, 6.45) is -4.19. The molecule has 96 valence electrons. The lowest BCUT2D eigenvalue weighted by Crippen LogP contribution is -2.51. The second kappa shape index (κ2) is 4.66. The summed E-state index contributed by atoms with van der Waals surface area (Å²) in [5, 5.41) is 0. The van der Waals surface area contributed by atoms with Crippen LogP contribution in [-0.2, 0) is 12.6 Å². The van der Waals surface area contributed by atoms with Crippen molar-refractivity contribution in [3.63, 3.8) is 0 Å². The highest BCUT2D eigenvalue weighted by Gasteiger charge is 2.34. The second-order valence-corrected chi connectivity index (χ2v) is 4.58. The van der Waals surface area contributed by atoms with E-state index in [4.69, 9.17) is 5.73 Å². The minimum absolute atomic E-state index is 0.148. The Labute approximate surface area is 99.2 Å². The predicted octanol–water partition coefficient (Wildman–Crippen LogP) is 2.48. The van der Waals surface area contributed by atoms with Crippen molar-refractivity contribution in [1.29, 1.82) is 0 Å². The fourth-order valence-corrected chi connectivity index (χ4v) is 1.49. The maximum absolute atomic E-state index is 12.8. The Kier molecular flexibility index (Phi) is 3.84. The molecule has 2 nitrogen and oxygen atoms in total. The van der Waals surface area contributed by atoms with E-state index in [9.17, 15) is 13.2 Å². The van der Waals surface area contributed by atoms with Crippen LogP contribution in [0.2, 0.25) is 0 Å². The highest BCUT2D eigenvalue weighted by Crippen LogP contribution is 2.33. The smallest absolute Gasteiger partial charge is 0.313 e. The standard InChI is InChI=1S/C12H17F3N2/c1-11(16,17(2)3)8-9-6-4-5-7-10(9)12(13,14)15/h4-7H,8,16H2,1-3H3. The van der Waals surface area contributed by atoms with Crippen molar-refractivity contribution in [3.05, 3.63) is 35.4 Å². The molecule has 0 amide bonds. The first-order chi connectivity index (χ1) is 7.64. The summed E-state index contributed by atoms with van der Waals surface area (Å²) < 4.78 is 38.3. The van der Waals surface area contributed by atoms with Crippen molar-refractivity contribution < 1.29 is 13.2 Å². The molecular formula is C12H17F3N2. The van der Waals surface area contributed by atoms with Crippen LogP contribution in [-0.4, -0.2) is 24.7 Å². The Bertz CT molecular complexity index is 384. The molecule has 1 unspecified atom stereocenters. The summed E-state index contributed by atoms with van der Waals surface area (Å²) in [5.41, 5.74) is 4.77. The van der Waals surface area contributed by atoms with Gasteiger partial charge in [-0.05, 0) is 32.6 Å². The van der Waals surface area contributed by atoms with Gasteiger partial charge < -0.3 is 5.73 Å². The van der Waals surface area contributed by atoms with Crippen molar-refractivity contribution in [1.82, 2.24) is 4.90 Å². The maximum atomic E-state index is 12.8. The minimum atomic E-state index is -4.33. The molecule has 17 heavy (non-hydrogen) atoms. The molecule has 0 aliphatic carbocycles. The van der Waals surface area contributed by atoms with Crippen molar-refractivity contribution in [2.75, 3.05) is 14.1 Å². The number of nitrogens with zero attached hydrogens (tertiary/aromatic N) is 1. The van der Waals surface area contributed by atoms with Gasteiger partial charge in [0.1, 0.15) is 0 Å². The average Bonchev–Trinajstić information content (AvgIpc) is 2.15. The normalized spacial score (nSPS) is 16.0. The molecule has 2 N–H and O–H groups in total. The monoisotopic (exact) mass is 246 g/mol. The van der Waals surface area contributed by atoms with E-state index >= 15 is 0 Å². The first kappa shape index (κ1) is 14.0. The third-order valence-electron chi connectivity index (χ3n) is 2.89. The molecule has 0 heterocycles. The zero-order chi connectivity index (χ0) is 13.3. The van der Waals surface area contributed by atoms with E-state index in [1.165, 1.54) is 12.1 Å². The Morgan fingerprint density at radius 3 is 2.18 bits per heavy atom. The van der Waals surface area contributed by atoms with E-state index in [0.29, 0.717) is 0 Å². The zero-order valence-corrected chi connectivity index (χ0v) is 10.2. The van der Waals surface area contributed by atoms with E-state index in [1.807, 2.05) is 0 Å². The SMILES string of the molecule is CN(C)C(C)(N)Cc1ccccc1C(F)(F)F. The van der Waals surface area contributed by atoms with E-state index < -0.39 is 17.4 Å². The first-order valence-electron chi connectivity index (χ1n) is 5.26. The van der Waals surface area contributed by atoms with Crippen LogP contribution in [0.4, 0.5) is 13.2 Å². The van der Waals surface area contributed by atoms with Gasteiger partial charge >= 0.3 is 6.18 Å². The Morgan fingerprint density at radius 1 is 1.18 bits per heavy atom. The number of hydrogen-bond donors (Lipinski definition) is 1. The molecule has 0 radical (unpaired) electrons. The van der Waals surface area contributed by atoms with Crippen LogP contribution in [0.5, 0.6) is 0 Å². The number of halogens is 3. The molecule has 0 aromatic heterocycles. The van der Waals surface area contributed by atoms with E-state index in [0.717, 1.165) is 6.07 Å². The third kappa shape index (κ3) is 3.44. The van der Waals surface area contributed by atoms with Crippen LogP contribution in [0.3, 0.4) is 0 Å². The number of hydrogen-bond acceptors (Lipinski definition) is 2. The zero-order valence-electron chi connectivity index (χ0n) is 10.2. The molecule has 1 aromatic rings. The summed E-state index contributed by atoms with van der Waals surface area (Å²) >= 11 is 0. The first-order valence-corrected chi connectivity index (χ1v) is 5.26. The Morgan fingerprint density at radius 2 is 1.71 bits per heavy atom. The van der Waals surface area contributed by atoms with Crippen LogP contribution in [0.15, 0.2) is 24.3 Å². The van der Waals surface area contributed by atoms with Crippen molar-refractivity contribution in [3.8, 4) is 0 Å². The van der Waals surface area contributed by atoms with E-state index in [1.54, 1.807) is 32.0 Å². The summed E-state index contributed by atoms with van der Waals surface area (Å²) in [4.78, 5) is 1.71. The lowest BCUT2D eigenvalue weighted by atomic mass is 9.96. The van der Waals surface area contributed by atoms with Gasteiger partial charge in [0, 0.05) is 6.42 Å². The average molecular weight is 246 g/mol. The largest absolute Gasteiger partial charge is 0.416 e. The number of nitrogens with two attached hydrogens (primary N) is 1. The van der Waals surface area contributed by atoms with Gasteiger partial charge in [-0.2, -0.15) is 13.2 Å². The quantitative estimate of drug-likeness (QED) is 0.830. The van der Waals surface area contributed by atoms with Gasteiger partial charge in [0.2, 0.25) is 0 Å². The molecule has 0 aliphatic heterocycles. The molecule has 1 aromatic carbocycles. The van der Waals surface area contributed by atoms with Crippen LogP contribution >= 0.6 is 0 Å². The van der Waals surface area contributed by atoms with Gasteiger partial charge in [-0.1, -0.05) is 18.2 Å².